The van der Waals surface area contributed by atoms with Gasteiger partial charge in [-0.2, -0.15) is 0 Å². The Bertz CT molecular complexity index is 1080. The summed E-state index contributed by atoms with van der Waals surface area (Å²) in [4.78, 5) is 31.3. The summed E-state index contributed by atoms with van der Waals surface area (Å²) < 4.78 is 25.5. The molecule has 1 aromatic heterocycles. The number of benzene rings is 1. The van der Waals surface area contributed by atoms with E-state index in [1.807, 2.05) is 19.1 Å². The van der Waals surface area contributed by atoms with Crippen molar-refractivity contribution in [2.24, 2.45) is 5.92 Å². The van der Waals surface area contributed by atoms with Crippen LogP contribution in [0.4, 0.5) is 11.5 Å². The molecule has 2 amide bonds. The van der Waals surface area contributed by atoms with E-state index >= 15 is 0 Å². The van der Waals surface area contributed by atoms with Gasteiger partial charge in [-0.15, -0.1) is 0 Å². The van der Waals surface area contributed by atoms with Gasteiger partial charge in [0.1, 0.15) is 5.82 Å². The standard InChI is InChI=1S/C22H26N4O4S/c1-16-7-10-23-20(15-16)24-21(27)17-8-12-25(13-9-17)22(28)18-3-5-19(6-4-18)26-11-2-14-31(26,29)30/h3-7,10,15,17H,2,8-9,11-14H2,1H3,(H,23,24,27). The molecular weight excluding hydrogens is 416 g/mol. The van der Waals surface area contributed by atoms with E-state index < -0.39 is 10.0 Å². The smallest absolute Gasteiger partial charge is 0.253 e. The Morgan fingerprint density at radius 2 is 1.77 bits per heavy atom. The summed E-state index contributed by atoms with van der Waals surface area (Å²) in [7, 11) is -3.24. The molecule has 0 atom stereocenters. The molecule has 9 heteroatoms. The van der Waals surface area contributed by atoms with Crippen molar-refractivity contribution < 1.29 is 18.0 Å². The Kier molecular flexibility index (Phi) is 5.95. The zero-order valence-electron chi connectivity index (χ0n) is 17.5. The number of aryl methyl sites for hydroxylation is 1. The third-order valence-electron chi connectivity index (χ3n) is 5.82. The largest absolute Gasteiger partial charge is 0.339 e. The number of nitrogens with zero attached hydrogens (tertiary/aromatic N) is 3. The van der Waals surface area contributed by atoms with Crippen LogP contribution in [0.25, 0.3) is 0 Å². The number of sulfonamides is 1. The Morgan fingerprint density at radius 1 is 1.06 bits per heavy atom. The molecule has 3 heterocycles. The lowest BCUT2D eigenvalue weighted by Gasteiger charge is -2.31. The van der Waals surface area contributed by atoms with Gasteiger partial charge in [-0.1, -0.05) is 0 Å². The van der Waals surface area contributed by atoms with Crippen LogP contribution in [0.2, 0.25) is 0 Å². The van der Waals surface area contributed by atoms with Gasteiger partial charge in [0.05, 0.1) is 11.4 Å². The molecule has 0 bridgehead atoms. The third kappa shape index (κ3) is 4.71. The Labute approximate surface area is 182 Å². The second kappa shape index (κ2) is 8.66. The zero-order valence-corrected chi connectivity index (χ0v) is 18.3. The van der Waals surface area contributed by atoms with Gasteiger partial charge in [0.25, 0.3) is 5.91 Å². The van der Waals surface area contributed by atoms with Gasteiger partial charge in [-0.3, -0.25) is 13.9 Å². The lowest BCUT2D eigenvalue weighted by molar-refractivity contribution is -0.121. The van der Waals surface area contributed by atoms with Crippen molar-refractivity contribution in [2.75, 3.05) is 35.0 Å². The minimum Gasteiger partial charge on any atom is -0.339 e. The summed E-state index contributed by atoms with van der Waals surface area (Å²) >= 11 is 0. The van der Waals surface area contributed by atoms with E-state index in [2.05, 4.69) is 10.3 Å². The number of hydrogen-bond donors (Lipinski definition) is 1. The highest BCUT2D eigenvalue weighted by Crippen LogP contribution is 2.25. The highest BCUT2D eigenvalue weighted by atomic mass is 32.2. The van der Waals surface area contributed by atoms with Crippen LogP contribution in [-0.2, 0) is 14.8 Å². The van der Waals surface area contributed by atoms with Gasteiger partial charge in [-0.25, -0.2) is 13.4 Å². The van der Waals surface area contributed by atoms with Gasteiger partial charge in [-0.05, 0) is 68.1 Å². The van der Waals surface area contributed by atoms with Crippen molar-refractivity contribution >= 4 is 33.3 Å². The fraction of sp³-hybridized carbons (Fsp3) is 0.409. The van der Waals surface area contributed by atoms with Crippen LogP contribution in [-0.4, -0.2) is 55.5 Å². The first-order valence-electron chi connectivity index (χ1n) is 10.5. The van der Waals surface area contributed by atoms with Gasteiger partial charge >= 0.3 is 0 Å². The number of anilines is 2. The number of piperidine rings is 1. The van der Waals surface area contributed by atoms with Crippen LogP contribution in [0.15, 0.2) is 42.6 Å². The number of carbonyl (C=O) groups is 2. The van der Waals surface area contributed by atoms with E-state index in [0.29, 0.717) is 56.0 Å². The molecule has 0 saturated carbocycles. The molecule has 0 spiro atoms. The van der Waals surface area contributed by atoms with Gasteiger partial charge in [0.2, 0.25) is 15.9 Å². The molecule has 8 nitrogen and oxygen atoms in total. The number of hydrogen-bond acceptors (Lipinski definition) is 5. The predicted molar refractivity (Wildman–Crippen MR) is 118 cm³/mol. The van der Waals surface area contributed by atoms with Crippen molar-refractivity contribution in [3.8, 4) is 0 Å². The van der Waals surface area contributed by atoms with Gasteiger partial charge in [0, 0.05) is 37.3 Å². The molecule has 164 valence electrons. The van der Waals surface area contributed by atoms with Crippen molar-refractivity contribution in [3.63, 3.8) is 0 Å². The van der Waals surface area contributed by atoms with E-state index in [1.165, 1.54) is 4.31 Å². The molecule has 0 radical (unpaired) electrons. The van der Waals surface area contributed by atoms with E-state index in [0.717, 1.165) is 5.56 Å². The quantitative estimate of drug-likeness (QED) is 0.784. The van der Waals surface area contributed by atoms with Crippen LogP contribution in [0.3, 0.4) is 0 Å². The number of rotatable bonds is 4. The van der Waals surface area contributed by atoms with Crippen LogP contribution < -0.4 is 9.62 Å². The zero-order chi connectivity index (χ0) is 22.0. The van der Waals surface area contributed by atoms with Crippen molar-refractivity contribution in [3.05, 3.63) is 53.7 Å². The average molecular weight is 443 g/mol. The second-order valence-electron chi connectivity index (χ2n) is 8.06. The fourth-order valence-electron chi connectivity index (χ4n) is 4.06. The first kappa shape index (κ1) is 21.3. The van der Waals surface area contributed by atoms with Gasteiger partial charge in [0.15, 0.2) is 0 Å². The number of likely N-dealkylation sites (tertiary alicyclic amines) is 1. The Morgan fingerprint density at radius 3 is 2.39 bits per heavy atom. The molecular formula is C22H26N4O4S. The molecule has 1 N–H and O–H groups in total. The number of nitrogens with one attached hydrogen (secondary N) is 1. The fourth-order valence-corrected chi connectivity index (χ4v) is 5.62. The van der Waals surface area contributed by atoms with E-state index in [1.54, 1.807) is 35.4 Å². The summed E-state index contributed by atoms with van der Waals surface area (Å²) in [6.45, 7) is 3.42. The molecule has 0 unspecified atom stereocenters. The van der Waals surface area contributed by atoms with Crippen LogP contribution in [0.1, 0.15) is 35.2 Å². The first-order valence-corrected chi connectivity index (χ1v) is 12.1. The van der Waals surface area contributed by atoms with Crippen molar-refractivity contribution in [2.45, 2.75) is 26.2 Å². The molecule has 4 rings (SSSR count). The summed E-state index contributed by atoms with van der Waals surface area (Å²) in [6.07, 6.45) is 3.46. The van der Waals surface area contributed by atoms with Crippen molar-refractivity contribution in [1.29, 1.82) is 0 Å². The molecule has 2 saturated heterocycles. The van der Waals surface area contributed by atoms with Gasteiger partial charge < -0.3 is 10.2 Å². The number of pyridine rings is 1. The number of carbonyl (C=O) groups excluding carboxylic acids is 2. The topological polar surface area (TPSA) is 99.7 Å². The van der Waals surface area contributed by atoms with Crippen LogP contribution in [0, 0.1) is 12.8 Å². The minimum absolute atomic E-state index is 0.0682. The molecule has 2 aliphatic rings. The average Bonchev–Trinajstić information content (AvgIpc) is 3.12. The summed E-state index contributed by atoms with van der Waals surface area (Å²) in [5.74, 6) is 0.380. The first-order chi connectivity index (χ1) is 14.8. The Balaban J connectivity index is 1.33. The summed E-state index contributed by atoms with van der Waals surface area (Å²) in [6, 6.07) is 10.4. The molecule has 31 heavy (non-hydrogen) atoms. The lowest BCUT2D eigenvalue weighted by atomic mass is 9.95. The van der Waals surface area contributed by atoms with E-state index in [-0.39, 0.29) is 23.5 Å². The number of aromatic nitrogens is 1. The summed E-state index contributed by atoms with van der Waals surface area (Å²) in [5, 5.41) is 2.86. The maximum atomic E-state index is 12.8. The molecule has 2 aromatic rings. The maximum absolute atomic E-state index is 12.8. The molecule has 1 aromatic carbocycles. The number of amides is 2. The van der Waals surface area contributed by atoms with E-state index in [9.17, 15) is 18.0 Å². The highest BCUT2D eigenvalue weighted by molar-refractivity contribution is 7.93. The van der Waals surface area contributed by atoms with Crippen LogP contribution in [0.5, 0.6) is 0 Å². The normalized spacial score (nSPS) is 18.7. The van der Waals surface area contributed by atoms with E-state index in [4.69, 9.17) is 0 Å². The third-order valence-corrected chi connectivity index (χ3v) is 7.69. The second-order valence-corrected chi connectivity index (χ2v) is 10.1. The van der Waals surface area contributed by atoms with Crippen LogP contribution >= 0.6 is 0 Å². The Hall–Kier alpha value is -2.94. The predicted octanol–water partition coefficient (Wildman–Crippen LogP) is 2.42. The maximum Gasteiger partial charge on any atom is 0.253 e. The SMILES string of the molecule is Cc1ccnc(NC(=O)C2CCN(C(=O)c3ccc(N4CCCS4(=O)=O)cc3)CC2)c1. The highest BCUT2D eigenvalue weighted by Gasteiger charge is 2.30. The monoisotopic (exact) mass is 442 g/mol. The molecule has 2 fully saturated rings. The molecule has 0 aliphatic carbocycles. The minimum atomic E-state index is -3.24. The van der Waals surface area contributed by atoms with Crippen molar-refractivity contribution in [1.82, 2.24) is 9.88 Å². The lowest BCUT2D eigenvalue weighted by Crippen LogP contribution is -2.41. The summed E-state index contributed by atoms with van der Waals surface area (Å²) in [5.41, 5.74) is 2.14. The molecule has 2 aliphatic heterocycles.